The van der Waals surface area contributed by atoms with E-state index in [1.807, 2.05) is 18.3 Å². The fraction of sp³-hybridized carbons (Fsp3) is 0.240. The first kappa shape index (κ1) is 18.3. The molecule has 4 aromatic rings. The summed E-state index contributed by atoms with van der Waals surface area (Å²) in [7, 11) is 0. The minimum absolute atomic E-state index is 0.455. The van der Waals surface area contributed by atoms with E-state index in [1.165, 1.54) is 38.9 Å². The van der Waals surface area contributed by atoms with E-state index in [0.717, 1.165) is 18.0 Å². The van der Waals surface area contributed by atoms with Crippen LogP contribution in [0.2, 0.25) is 0 Å². The Bertz CT molecular complexity index is 1120. The van der Waals surface area contributed by atoms with Gasteiger partial charge < -0.3 is 9.30 Å². The maximum atomic E-state index is 6.06. The van der Waals surface area contributed by atoms with Crippen molar-refractivity contribution in [2.24, 2.45) is 0 Å². The number of hydrogen-bond donors (Lipinski definition) is 0. The second-order valence-electron chi connectivity index (χ2n) is 7.48. The Balaban J connectivity index is 1.74. The second kappa shape index (κ2) is 7.51. The molecule has 2 aromatic heterocycles. The van der Waals surface area contributed by atoms with Gasteiger partial charge in [0.1, 0.15) is 18.1 Å². The fourth-order valence-corrected chi connectivity index (χ4v) is 3.71. The zero-order chi connectivity index (χ0) is 19.7. The normalized spacial score (nSPS) is 11.1. The van der Waals surface area contributed by atoms with Crippen LogP contribution in [-0.2, 0) is 13.2 Å². The number of rotatable bonds is 5. The molecule has 0 radical (unpaired) electrons. The van der Waals surface area contributed by atoms with Gasteiger partial charge in [-0.1, -0.05) is 42.0 Å². The molecule has 142 valence electrons. The summed E-state index contributed by atoms with van der Waals surface area (Å²) in [5.74, 6) is 0.870. The lowest BCUT2D eigenvalue weighted by molar-refractivity contribution is 0.302. The zero-order valence-corrected chi connectivity index (χ0v) is 17.0. The molecule has 0 N–H and O–H groups in total. The van der Waals surface area contributed by atoms with E-state index in [-0.39, 0.29) is 0 Å². The van der Waals surface area contributed by atoms with Crippen LogP contribution in [0.25, 0.3) is 10.9 Å². The highest BCUT2D eigenvalue weighted by Crippen LogP contribution is 2.29. The third-order valence-electron chi connectivity index (χ3n) is 5.61. The Hall–Kier alpha value is -3.07. The Kier molecular flexibility index (Phi) is 4.91. The van der Waals surface area contributed by atoms with Crippen LogP contribution in [0.5, 0.6) is 5.75 Å². The summed E-state index contributed by atoms with van der Waals surface area (Å²) in [5.41, 5.74) is 8.60. The predicted octanol–water partition coefficient (Wildman–Crippen LogP) is 5.90. The monoisotopic (exact) mass is 370 g/mol. The lowest BCUT2D eigenvalue weighted by Crippen LogP contribution is -2.07. The van der Waals surface area contributed by atoms with E-state index < -0.39 is 0 Å². The summed E-state index contributed by atoms with van der Waals surface area (Å²) in [6, 6.07) is 18.8. The Morgan fingerprint density at radius 2 is 1.64 bits per heavy atom. The molecule has 0 saturated carbocycles. The molecule has 3 nitrogen and oxygen atoms in total. The summed E-state index contributed by atoms with van der Waals surface area (Å²) < 4.78 is 8.44. The summed E-state index contributed by atoms with van der Waals surface area (Å²) in [6.07, 6.45) is 1.89. The van der Waals surface area contributed by atoms with Gasteiger partial charge in [0.15, 0.2) is 0 Å². The Labute approximate surface area is 166 Å². The Morgan fingerprint density at radius 3 is 2.39 bits per heavy atom. The summed E-state index contributed by atoms with van der Waals surface area (Å²) in [4.78, 5) is 4.67. The minimum Gasteiger partial charge on any atom is -0.487 e. The average Bonchev–Trinajstić information content (AvgIpc) is 2.95. The maximum Gasteiger partial charge on any atom is 0.132 e. The van der Waals surface area contributed by atoms with Crippen molar-refractivity contribution in [2.45, 2.75) is 40.8 Å². The topological polar surface area (TPSA) is 27.1 Å². The molecule has 4 rings (SSSR count). The fourth-order valence-electron chi connectivity index (χ4n) is 3.71. The van der Waals surface area contributed by atoms with Crippen LogP contribution in [0.3, 0.4) is 0 Å². The number of nitrogens with zero attached hydrogens (tertiary/aromatic N) is 2. The molecule has 0 amide bonds. The predicted molar refractivity (Wildman–Crippen MR) is 115 cm³/mol. The molecule has 28 heavy (non-hydrogen) atoms. The smallest absolute Gasteiger partial charge is 0.132 e. The largest absolute Gasteiger partial charge is 0.487 e. The third kappa shape index (κ3) is 3.40. The molecule has 0 aliphatic carbocycles. The summed E-state index contributed by atoms with van der Waals surface area (Å²) in [5, 5.41) is 1.25. The van der Waals surface area contributed by atoms with Crippen molar-refractivity contribution in [3.63, 3.8) is 0 Å². The van der Waals surface area contributed by atoms with Crippen molar-refractivity contribution in [1.29, 1.82) is 0 Å². The van der Waals surface area contributed by atoms with E-state index in [1.54, 1.807) is 0 Å². The van der Waals surface area contributed by atoms with Crippen molar-refractivity contribution in [3.05, 3.63) is 94.4 Å². The Morgan fingerprint density at radius 1 is 0.893 bits per heavy atom. The van der Waals surface area contributed by atoms with Gasteiger partial charge in [0.05, 0.1) is 5.52 Å². The van der Waals surface area contributed by atoms with Gasteiger partial charge in [-0.05, 0) is 62.6 Å². The highest BCUT2D eigenvalue weighted by atomic mass is 16.5. The highest BCUT2D eigenvalue weighted by Gasteiger charge is 2.16. The molecule has 0 atom stereocenters. The average molecular weight is 370 g/mol. The van der Waals surface area contributed by atoms with Crippen molar-refractivity contribution in [2.75, 3.05) is 0 Å². The number of hydrogen-bond acceptors (Lipinski definition) is 2. The quantitative estimate of drug-likeness (QED) is 0.437. The molecule has 0 spiro atoms. The molecular weight excluding hydrogens is 344 g/mol. The van der Waals surface area contributed by atoms with Gasteiger partial charge in [0, 0.05) is 23.8 Å². The van der Waals surface area contributed by atoms with E-state index in [9.17, 15) is 0 Å². The number of aromatic nitrogens is 2. The van der Waals surface area contributed by atoms with Crippen LogP contribution >= 0.6 is 0 Å². The second-order valence-corrected chi connectivity index (χ2v) is 7.48. The number of benzene rings is 2. The van der Waals surface area contributed by atoms with Crippen LogP contribution in [0.4, 0.5) is 0 Å². The molecule has 2 heterocycles. The van der Waals surface area contributed by atoms with Crippen LogP contribution in [-0.4, -0.2) is 9.55 Å². The molecule has 0 aliphatic rings. The van der Waals surface area contributed by atoms with Crippen LogP contribution < -0.4 is 4.74 Å². The first-order valence-electron chi connectivity index (χ1n) is 9.72. The molecular formula is C25H26N2O. The number of pyridine rings is 1. The van der Waals surface area contributed by atoms with Gasteiger partial charge >= 0.3 is 0 Å². The molecule has 2 aromatic carbocycles. The van der Waals surface area contributed by atoms with Crippen LogP contribution in [0.15, 0.2) is 60.8 Å². The maximum absolute atomic E-state index is 6.06. The zero-order valence-electron chi connectivity index (χ0n) is 17.0. The van der Waals surface area contributed by atoms with Gasteiger partial charge in [-0.3, -0.25) is 4.98 Å². The molecule has 0 fully saturated rings. The number of ether oxygens (including phenoxy) is 1. The van der Waals surface area contributed by atoms with E-state index >= 15 is 0 Å². The van der Waals surface area contributed by atoms with E-state index in [2.05, 4.69) is 79.7 Å². The molecule has 0 aliphatic heterocycles. The summed E-state index contributed by atoms with van der Waals surface area (Å²) >= 11 is 0. The first-order chi connectivity index (χ1) is 13.5. The molecule has 0 bridgehead atoms. The number of aryl methyl sites for hydroxylation is 3. The van der Waals surface area contributed by atoms with E-state index in [4.69, 9.17) is 4.74 Å². The first-order valence-corrected chi connectivity index (χ1v) is 9.72. The number of fused-ring (bicyclic) bond motifs is 1. The van der Waals surface area contributed by atoms with Gasteiger partial charge in [0.25, 0.3) is 0 Å². The molecule has 0 unspecified atom stereocenters. The summed E-state index contributed by atoms with van der Waals surface area (Å²) in [6.45, 7) is 9.93. The van der Waals surface area contributed by atoms with E-state index in [0.29, 0.717) is 6.61 Å². The van der Waals surface area contributed by atoms with Crippen molar-refractivity contribution < 1.29 is 4.74 Å². The van der Waals surface area contributed by atoms with Crippen molar-refractivity contribution >= 4 is 10.9 Å². The third-order valence-corrected chi connectivity index (χ3v) is 5.61. The van der Waals surface area contributed by atoms with Crippen LogP contribution in [0.1, 0.15) is 33.6 Å². The van der Waals surface area contributed by atoms with Crippen LogP contribution in [0, 0.1) is 27.7 Å². The lowest BCUT2D eigenvalue weighted by atomic mass is 10.1. The molecule has 3 heteroatoms. The minimum atomic E-state index is 0.455. The molecule has 0 saturated heterocycles. The highest BCUT2D eigenvalue weighted by molar-refractivity contribution is 5.87. The standard InChI is InChI=1S/C25H26N2O/c1-17-9-11-22(12-10-17)28-16-24-25-23(13-14-26-24)19(3)20(4)27(25)15-21-8-6-5-7-18(21)2/h5-14H,15-16H2,1-4H3. The van der Waals surface area contributed by atoms with Gasteiger partial charge in [-0.25, -0.2) is 0 Å². The van der Waals surface area contributed by atoms with Crippen molar-refractivity contribution in [1.82, 2.24) is 9.55 Å². The van der Waals surface area contributed by atoms with Gasteiger partial charge in [-0.2, -0.15) is 0 Å². The lowest BCUT2D eigenvalue weighted by Gasteiger charge is -2.13. The van der Waals surface area contributed by atoms with Gasteiger partial charge in [-0.15, -0.1) is 0 Å². The van der Waals surface area contributed by atoms with Gasteiger partial charge in [0.2, 0.25) is 0 Å². The van der Waals surface area contributed by atoms with Crippen molar-refractivity contribution in [3.8, 4) is 5.75 Å². The SMILES string of the molecule is Cc1ccc(OCc2nccc3c(C)c(C)n(Cc4ccccc4C)c23)cc1.